The van der Waals surface area contributed by atoms with Gasteiger partial charge in [-0.2, -0.15) is 0 Å². The average molecular weight is 789 g/mol. The number of rotatable bonds is 6. The van der Waals surface area contributed by atoms with Gasteiger partial charge in [0.2, 0.25) is 0 Å². The lowest BCUT2D eigenvalue weighted by Gasteiger charge is -2.50. The summed E-state index contributed by atoms with van der Waals surface area (Å²) in [5.41, 5.74) is 18.3. The standard InChI is InChI=1S/C58H48N2O/c1-57(2)50-38-43(29-33-48(50)49-34-32-47(39-51(49)57)60-54-22-8-9-23-55(54)61-56-24-10-11-35-58(56,60)3)28-26-41-15-12-14-40(36-41)25-27-42-16-13-19-46(37-42)59-52-20-6-4-17-44(52)30-31-45-18-5-7-21-53(45)59/h4-29,32-39,56H,30-31H2,1-3H3. The molecule has 0 aromatic heterocycles. The van der Waals surface area contributed by atoms with Crippen LogP contribution < -0.4 is 14.5 Å². The Hall–Kier alpha value is -7.10. The van der Waals surface area contributed by atoms with Gasteiger partial charge in [0.15, 0.2) is 0 Å². The van der Waals surface area contributed by atoms with Gasteiger partial charge in [0.25, 0.3) is 0 Å². The van der Waals surface area contributed by atoms with Crippen molar-refractivity contribution in [2.45, 2.75) is 50.7 Å². The summed E-state index contributed by atoms with van der Waals surface area (Å²) in [6.07, 6.45) is 19.6. The van der Waals surface area contributed by atoms with Gasteiger partial charge in [0.1, 0.15) is 17.4 Å². The highest BCUT2D eigenvalue weighted by Gasteiger charge is 2.46. The lowest BCUT2D eigenvalue weighted by Crippen LogP contribution is -2.56. The minimum atomic E-state index is -0.351. The fraction of sp³-hybridized carbons (Fsp3) is 0.138. The van der Waals surface area contributed by atoms with Gasteiger partial charge in [0.05, 0.1) is 5.69 Å². The van der Waals surface area contributed by atoms with Crippen LogP contribution in [0.1, 0.15) is 65.3 Å². The molecule has 7 aromatic carbocycles. The van der Waals surface area contributed by atoms with Gasteiger partial charge < -0.3 is 14.5 Å². The van der Waals surface area contributed by atoms with Crippen LogP contribution in [0.3, 0.4) is 0 Å². The Bertz CT molecular complexity index is 2930. The van der Waals surface area contributed by atoms with E-state index in [4.69, 9.17) is 4.74 Å². The highest BCUT2D eigenvalue weighted by atomic mass is 16.5. The van der Waals surface area contributed by atoms with E-state index in [2.05, 4.69) is 237 Å². The molecule has 3 heteroatoms. The fourth-order valence-corrected chi connectivity index (χ4v) is 10.1. The molecule has 2 heterocycles. The number of nitrogens with zero attached hydrogens (tertiary/aromatic N) is 2. The molecule has 296 valence electrons. The van der Waals surface area contributed by atoms with Crippen LogP contribution in [0.4, 0.5) is 28.4 Å². The predicted octanol–water partition coefficient (Wildman–Crippen LogP) is 14.7. The van der Waals surface area contributed by atoms with Crippen molar-refractivity contribution < 1.29 is 4.74 Å². The number of hydrogen-bond acceptors (Lipinski definition) is 3. The molecule has 0 spiro atoms. The Kier molecular flexibility index (Phi) is 8.82. The van der Waals surface area contributed by atoms with Gasteiger partial charge in [-0.15, -0.1) is 0 Å². The lowest BCUT2D eigenvalue weighted by molar-refractivity contribution is 0.170. The summed E-state index contributed by atoms with van der Waals surface area (Å²) in [7, 11) is 0. The normalized spacial score (nSPS) is 19.1. The largest absolute Gasteiger partial charge is 0.481 e. The van der Waals surface area contributed by atoms with Gasteiger partial charge >= 0.3 is 0 Å². The quantitative estimate of drug-likeness (QED) is 0.156. The fourth-order valence-electron chi connectivity index (χ4n) is 10.1. The Balaban J connectivity index is 0.845. The van der Waals surface area contributed by atoms with Gasteiger partial charge in [0, 0.05) is 28.2 Å². The van der Waals surface area contributed by atoms with Crippen LogP contribution >= 0.6 is 0 Å². The maximum absolute atomic E-state index is 6.53. The zero-order valence-corrected chi connectivity index (χ0v) is 34.9. The molecule has 2 aliphatic heterocycles. The first-order valence-electron chi connectivity index (χ1n) is 21.6. The maximum atomic E-state index is 6.53. The van der Waals surface area contributed by atoms with Crippen LogP contribution in [0.5, 0.6) is 5.75 Å². The van der Waals surface area contributed by atoms with Crippen LogP contribution in [0.15, 0.2) is 182 Å². The van der Waals surface area contributed by atoms with Crippen LogP contribution in [-0.2, 0) is 18.3 Å². The summed E-state index contributed by atoms with van der Waals surface area (Å²) in [6.45, 7) is 7.01. The molecule has 4 aliphatic rings. The first kappa shape index (κ1) is 36.9. The number of para-hydroxylation sites is 4. The third-order valence-electron chi connectivity index (χ3n) is 13.3. The SMILES string of the molecule is CC1(C)c2cc(C=Cc3cccc(C=Cc4cccc(N5c6ccccc6CCc6ccccc65)c4)c3)ccc2-c2ccc(N3c4ccccc4OC4C=CC=CC43C)cc21. The van der Waals surface area contributed by atoms with E-state index in [1.807, 2.05) is 0 Å². The third kappa shape index (κ3) is 6.35. The van der Waals surface area contributed by atoms with E-state index < -0.39 is 0 Å². The monoisotopic (exact) mass is 788 g/mol. The highest BCUT2D eigenvalue weighted by molar-refractivity contribution is 5.87. The van der Waals surface area contributed by atoms with Crippen molar-refractivity contribution in [1.29, 1.82) is 0 Å². The summed E-state index contributed by atoms with van der Waals surface area (Å²) in [5, 5.41) is 0. The van der Waals surface area contributed by atoms with E-state index in [0.29, 0.717) is 0 Å². The van der Waals surface area contributed by atoms with Crippen molar-refractivity contribution in [2.24, 2.45) is 0 Å². The molecule has 0 bridgehead atoms. The molecule has 0 radical (unpaired) electrons. The number of aryl methyl sites for hydroxylation is 2. The number of fused-ring (bicyclic) bond motifs is 7. The van der Waals surface area contributed by atoms with Crippen molar-refractivity contribution in [2.75, 3.05) is 9.80 Å². The molecule has 3 nitrogen and oxygen atoms in total. The van der Waals surface area contributed by atoms with E-state index in [-0.39, 0.29) is 17.1 Å². The van der Waals surface area contributed by atoms with Crippen molar-refractivity contribution in [3.05, 3.63) is 227 Å². The minimum absolute atomic E-state index is 0.0819. The number of benzene rings is 7. The van der Waals surface area contributed by atoms with E-state index in [9.17, 15) is 0 Å². The van der Waals surface area contributed by atoms with E-state index in [0.717, 1.165) is 24.3 Å². The summed E-state index contributed by atoms with van der Waals surface area (Å²) < 4.78 is 6.53. The van der Waals surface area contributed by atoms with Crippen LogP contribution in [0, 0.1) is 0 Å². The van der Waals surface area contributed by atoms with Gasteiger partial charge in [-0.05, 0) is 136 Å². The van der Waals surface area contributed by atoms with E-state index in [1.54, 1.807) is 0 Å². The highest BCUT2D eigenvalue weighted by Crippen LogP contribution is 2.53. The maximum Gasteiger partial charge on any atom is 0.144 e. The number of allylic oxidation sites excluding steroid dienone is 2. The van der Waals surface area contributed by atoms with Gasteiger partial charge in [-0.25, -0.2) is 0 Å². The number of hydrogen-bond donors (Lipinski definition) is 0. The first-order valence-corrected chi connectivity index (χ1v) is 21.6. The van der Waals surface area contributed by atoms with Crippen molar-refractivity contribution in [1.82, 2.24) is 0 Å². The lowest BCUT2D eigenvalue weighted by atomic mass is 9.81. The van der Waals surface area contributed by atoms with E-state index in [1.165, 1.54) is 78.4 Å². The molecule has 7 aromatic rings. The zero-order chi connectivity index (χ0) is 41.1. The Morgan fingerprint density at radius 2 is 1.08 bits per heavy atom. The molecular weight excluding hydrogens is 741 g/mol. The molecule has 2 aliphatic carbocycles. The second-order valence-corrected chi connectivity index (χ2v) is 17.5. The molecule has 11 rings (SSSR count). The summed E-state index contributed by atoms with van der Waals surface area (Å²) in [4.78, 5) is 4.90. The smallest absolute Gasteiger partial charge is 0.144 e. The van der Waals surface area contributed by atoms with Crippen LogP contribution in [0.2, 0.25) is 0 Å². The molecule has 2 atom stereocenters. The minimum Gasteiger partial charge on any atom is -0.481 e. The topological polar surface area (TPSA) is 15.7 Å². The van der Waals surface area contributed by atoms with Crippen molar-refractivity contribution in [3.63, 3.8) is 0 Å². The first-order chi connectivity index (χ1) is 29.8. The van der Waals surface area contributed by atoms with Crippen LogP contribution in [0.25, 0.3) is 35.4 Å². The zero-order valence-electron chi connectivity index (χ0n) is 34.9. The van der Waals surface area contributed by atoms with Crippen molar-refractivity contribution >= 4 is 52.7 Å². The molecule has 0 saturated carbocycles. The molecule has 2 unspecified atom stereocenters. The molecule has 0 N–H and O–H groups in total. The Morgan fingerprint density at radius 1 is 0.508 bits per heavy atom. The number of ether oxygens (including phenoxy) is 1. The predicted molar refractivity (Wildman–Crippen MR) is 257 cm³/mol. The Labute approximate surface area is 359 Å². The second kappa shape index (κ2) is 14.6. The molecule has 0 fully saturated rings. The van der Waals surface area contributed by atoms with Gasteiger partial charge in [-0.1, -0.05) is 160 Å². The average Bonchev–Trinajstić information content (AvgIpc) is 3.39. The molecule has 61 heavy (non-hydrogen) atoms. The summed E-state index contributed by atoms with van der Waals surface area (Å²) in [5.74, 6) is 0.915. The van der Waals surface area contributed by atoms with Crippen molar-refractivity contribution in [3.8, 4) is 16.9 Å². The molecule has 0 saturated heterocycles. The van der Waals surface area contributed by atoms with E-state index >= 15 is 0 Å². The Morgan fingerprint density at radius 3 is 1.79 bits per heavy atom. The molecular formula is C58H48N2O. The number of anilines is 5. The van der Waals surface area contributed by atoms with Gasteiger partial charge in [-0.3, -0.25) is 0 Å². The third-order valence-corrected chi connectivity index (χ3v) is 13.3. The second-order valence-electron chi connectivity index (χ2n) is 17.5. The summed E-state index contributed by atoms with van der Waals surface area (Å²) in [6, 6.07) is 57.7. The van der Waals surface area contributed by atoms with Crippen LogP contribution in [-0.4, -0.2) is 11.6 Å². The summed E-state index contributed by atoms with van der Waals surface area (Å²) >= 11 is 0. The molecule has 0 amide bonds.